The standard InChI is InChI=1S/C9H4N4O/c14-9-5-1-7-8(12-3-11-7)2-6(5)10-4-13-9/h1-4H. The maximum absolute atomic E-state index is 11.3. The Kier molecular flexibility index (Phi) is 1.25. The summed E-state index contributed by atoms with van der Waals surface area (Å²) in [5.41, 5.74) is 1.23. The highest BCUT2D eigenvalue weighted by Crippen LogP contribution is 2.07. The lowest BCUT2D eigenvalue weighted by Gasteiger charge is -2.00. The third kappa shape index (κ3) is 0.861. The van der Waals surface area contributed by atoms with Crippen molar-refractivity contribution < 1.29 is 4.79 Å². The summed E-state index contributed by atoms with van der Waals surface area (Å²) in [7, 11) is 0. The first-order valence-corrected chi connectivity index (χ1v) is 4.04. The van der Waals surface area contributed by atoms with Gasteiger partial charge >= 0.3 is 0 Å². The zero-order valence-corrected chi connectivity index (χ0v) is 7.01. The fourth-order valence-corrected chi connectivity index (χ4v) is 1.42. The quantitative estimate of drug-likeness (QED) is 0.549. The van der Waals surface area contributed by atoms with Crippen molar-refractivity contribution >= 4 is 24.3 Å². The third-order valence-corrected chi connectivity index (χ3v) is 2.09. The SMILES string of the molecule is O=C1N=CN=c2cc3c(cc21)=NC=N3. The van der Waals surface area contributed by atoms with Gasteiger partial charge in [0.05, 0.1) is 22.0 Å². The van der Waals surface area contributed by atoms with Gasteiger partial charge in [0.1, 0.15) is 12.7 Å². The number of fused-ring (bicyclic) bond motifs is 2. The van der Waals surface area contributed by atoms with Crippen LogP contribution >= 0.6 is 0 Å². The Hall–Kier alpha value is -2.17. The Morgan fingerprint density at radius 1 is 0.929 bits per heavy atom. The maximum Gasteiger partial charge on any atom is 0.280 e. The largest absolute Gasteiger partial charge is 0.280 e. The van der Waals surface area contributed by atoms with E-state index in [4.69, 9.17) is 0 Å². The molecular weight excluding hydrogens is 180 g/mol. The molecule has 0 saturated heterocycles. The molecule has 5 nitrogen and oxygen atoms in total. The van der Waals surface area contributed by atoms with Gasteiger partial charge in [-0.2, -0.15) is 4.99 Å². The fraction of sp³-hybridized carbons (Fsp3) is 0. The number of carbonyl (C=O) groups excluding carboxylic acids is 1. The number of hydrogen-bond acceptors (Lipinski definition) is 4. The zero-order chi connectivity index (χ0) is 9.54. The molecular formula is C9H4N4O. The monoisotopic (exact) mass is 184 g/mol. The summed E-state index contributed by atoms with van der Waals surface area (Å²) in [5.74, 6) is -0.278. The Morgan fingerprint density at radius 3 is 2.64 bits per heavy atom. The van der Waals surface area contributed by atoms with E-state index in [1.807, 2.05) is 0 Å². The Labute approximate surface area is 78.3 Å². The van der Waals surface area contributed by atoms with E-state index in [2.05, 4.69) is 20.0 Å². The van der Waals surface area contributed by atoms with Gasteiger partial charge in [0.2, 0.25) is 0 Å². The van der Waals surface area contributed by atoms with Crippen LogP contribution in [0.2, 0.25) is 0 Å². The van der Waals surface area contributed by atoms with Crippen LogP contribution in [-0.2, 0) is 0 Å². The Bertz CT molecular complexity index is 612. The molecule has 0 N–H and O–H groups in total. The molecule has 2 aliphatic rings. The molecule has 14 heavy (non-hydrogen) atoms. The van der Waals surface area contributed by atoms with E-state index in [0.717, 1.165) is 5.69 Å². The number of hydrogen-bond donors (Lipinski definition) is 0. The van der Waals surface area contributed by atoms with E-state index in [-0.39, 0.29) is 5.91 Å². The molecule has 2 heterocycles. The predicted molar refractivity (Wildman–Crippen MR) is 49.7 cm³/mol. The number of carbonyl (C=O) groups is 1. The van der Waals surface area contributed by atoms with E-state index < -0.39 is 0 Å². The van der Waals surface area contributed by atoms with Crippen LogP contribution in [0.15, 0.2) is 32.1 Å². The minimum absolute atomic E-state index is 0.278. The summed E-state index contributed by atoms with van der Waals surface area (Å²) in [5, 5.41) is 1.31. The van der Waals surface area contributed by atoms with Crippen LogP contribution in [0.4, 0.5) is 5.69 Å². The maximum atomic E-state index is 11.3. The van der Waals surface area contributed by atoms with Gasteiger partial charge in [-0.25, -0.2) is 15.0 Å². The van der Waals surface area contributed by atoms with Gasteiger partial charge in [0.25, 0.3) is 5.91 Å². The van der Waals surface area contributed by atoms with Crippen molar-refractivity contribution in [1.29, 1.82) is 0 Å². The number of amides is 1. The summed E-state index contributed by atoms with van der Waals surface area (Å²) in [6, 6.07) is 3.40. The molecule has 5 heteroatoms. The molecule has 66 valence electrons. The van der Waals surface area contributed by atoms with Crippen LogP contribution in [-0.4, -0.2) is 18.6 Å². The van der Waals surface area contributed by atoms with Crippen molar-refractivity contribution in [3.8, 4) is 0 Å². The first kappa shape index (κ1) is 7.25. The minimum Gasteiger partial charge on any atom is -0.267 e. The van der Waals surface area contributed by atoms with Crippen LogP contribution in [0.3, 0.4) is 0 Å². The molecule has 1 amide bonds. The van der Waals surface area contributed by atoms with E-state index >= 15 is 0 Å². The molecule has 0 spiro atoms. The highest BCUT2D eigenvalue weighted by atomic mass is 16.1. The first-order valence-electron chi connectivity index (χ1n) is 4.04. The van der Waals surface area contributed by atoms with E-state index in [0.29, 0.717) is 16.3 Å². The van der Waals surface area contributed by atoms with Crippen LogP contribution < -0.4 is 10.7 Å². The Balaban J connectivity index is 2.45. The summed E-state index contributed by atoms with van der Waals surface area (Å²) >= 11 is 0. The van der Waals surface area contributed by atoms with Gasteiger partial charge < -0.3 is 0 Å². The van der Waals surface area contributed by atoms with Gasteiger partial charge in [0.15, 0.2) is 0 Å². The Morgan fingerprint density at radius 2 is 1.71 bits per heavy atom. The molecule has 3 rings (SSSR count). The van der Waals surface area contributed by atoms with E-state index in [1.165, 1.54) is 12.7 Å². The molecule has 2 aliphatic heterocycles. The molecule has 0 radical (unpaired) electrons. The number of rotatable bonds is 0. The van der Waals surface area contributed by atoms with Gasteiger partial charge in [-0.05, 0) is 12.1 Å². The molecule has 0 bridgehead atoms. The van der Waals surface area contributed by atoms with Crippen molar-refractivity contribution in [3.63, 3.8) is 0 Å². The topological polar surface area (TPSA) is 66.5 Å². The second-order valence-corrected chi connectivity index (χ2v) is 2.91. The highest BCUT2D eigenvalue weighted by molar-refractivity contribution is 6.00. The van der Waals surface area contributed by atoms with Crippen LogP contribution in [0.1, 0.15) is 10.4 Å². The number of aliphatic imine (C=N–C) groups is 2. The summed E-state index contributed by atoms with van der Waals surface area (Å²) in [6.07, 6.45) is 2.72. The van der Waals surface area contributed by atoms with Gasteiger partial charge in [-0.15, -0.1) is 0 Å². The number of nitrogens with zero attached hydrogens (tertiary/aromatic N) is 4. The molecule has 0 atom stereocenters. The number of benzene rings is 1. The van der Waals surface area contributed by atoms with Crippen molar-refractivity contribution in [1.82, 2.24) is 0 Å². The first-order chi connectivity index (χ1) is 6.84. The molecule has 0 unspecified atom stereocenters. The third-order valence-electron chi connectivity index (χ3n) is 2.09. The van der Waals surface area contributed by atoms with Crippen LogP contribution in [0.25, 0.3) is 0 Å². The summed E-state index contributed by atoms with van der Waals surface area (Å²) in [4.78, 5) is 27.0. The molecule has 1 aromatic rings. The van der Waals surface area contributed by atoms with Gasteiger partial charge in [-0.3, -0.25) is 4.79 Å². The normalized spacial score (nSPS) is 15.9. The summed E-state index contributed by atoms with van der Waals surface area (Å²) in [6.45, 7) is 0. The molecule has 0 aliphatic carbocycles. The predicted octanol–water partition coefficient (Wildman–Crippen LogP) is -0.219. The average Bonchev–Trinajstić information content (AvgIpc) is 2.62. The van der Waals surface area contributed by atoms with E-state index in [1.54, 1.807) is 12.1 Å². The molecule has 0 aromatic heterocycles. The second kappa shape index (κ2) is 2.41. The lowest BCUT2D eigenvalue weighted by Crippen LogP contribution is -2.21. The van der Waals surface area contributed by atoms with Crippen LogP contribution in [0.5, 0.6) is 0 Å². The molecule has 0 saturated carbocycles. The minimum atomic E-state index is -0.278. The lowest BCUT2D eigenvalue weighted by atomic mass is 10.1. The fourth-order valence-electron chi connectivity index (χ4n) is 1.42. The van der Waals surface area contributed by atoms with Crippen molar-refractivity contribution in [2.75, 3.05) is 0 Å². The van der Waals surface area contributed by atoms with Crippen molar-refractivity contribution in [3.05, 3.63) is 28.4 Å². The average molecular weight is 184 g/mol. The van der Waals surface area contributed by atoms with Gasteiger partial charge in [-0.1, -0.05) is 0 Å². The smallest absolute Gasteiger partial charge is 0.267 e. The molecule has 1 aromatic carbocycles. The summed E-state index contributed by atoms with van der Waals surface area (Å²) < 4.78 is 0. The van der Waals surface area contributed by atoms with E-state index in [9.17, 15) is 4.79 Å². The van der Waals surface area contributed by atoms with Gasteiger partial charge in [0, 0.05) is 0 Å². The van der Waals surface area contributed by atoms with Crippen molar-refractivity contribution in [2.24, 2.45) is 20.0 Å². The highest BCUT2D eigenvalue weighted by Gasteiger charge is 2.12. The van der Waals surface area contributed by atoms with Crippen molar-refractivity contribution in [2.45, 2.75) is 0 Å². The lowest BCUT2D eigenvalue weighted by molar-refractivity contribution is 0.100. The second-order valence-electron chi connectivity index (χ2n) is 2.91. The van der Waals surface area contributed by atoms with Crippen LogP contribution in [0, 0.1) is 0 Å². The molecule has 0 fully saturated rings. The zero-order valence-electron chi connectivity index (χ0n) is 7.01.